The molecule has 0 spiro atoms. The number of nitrogens with zero attached hydrogens (tertiary/aromatic N) is 1. The van der Waals surface area contributed by atoms with Crippen molar-refractivity contribution >= 4 is 39.2 Å². The molecule has 190 valence electrons. The molecule has 0 radical (unpaired) electrons. The van der Waals surface area contributed by atoms with Gasteiger partial charge < -0.3 is 10.1 Å². The van der Waals surface area contributed by atoms with E-state index in [-0.39, 0.29) is 27.3 Å². The number of carbonyl (C=O) groups excluding carboxylic acids is 2. The van der Waals surface area contributed by atoms with Crippen LogP contribution in [0.2, 0.25) is 5.02 Å². The molecule has 1 saturated heterocycles. The van der Waals surface area contributed by atoms with E-state index in [0.29, 0.717) is 19.2 Å². The minimum absolute atomic E-state index is 0.0143. The lowest BCUT2D eigenvalue weighted by Crippen LogP contribution is -2.42. The molecule has 12 heteroatoms. The van der Waals surface area contributed by atoms with Crippen LogP contribution in [0.4, 0.5) is 18.9 Å². The second-order valence-corrected chi connectivity index (χ2v) is 11.0. The molecule has 1 fully saturated rings. The Morgan fingerprint density at radius 1 is 1.09 bits per heavy atom. The van der Waals surface area contributed by atoms with Crippen LogP contribution in [0.5, 0.6) is 0 Å². The van der Waals surface area contributed by atoms with Crippen LogP contribution in [0.3, 0.4) is 0 Å². The summed E-state index contributed by atoms with van der Waals surface area (Å²) in [7, 11) is -3.73. The molecule has 1 aliphatic rings. The Morgan fingerprint density at radius 3 is 2.26 bits per heavy atom. The lowest BCUT2D eigenvalue weighted by Gasteiger charge is -2.34. The molecule has 0 saturated carbocycles. The van der Waals surface area contributed by atoms with Crippen LogP contribution in [0, 0.1) is 11.8 Å². The summed E-state index contributed by atoms with van der Waals surface area (Å²) < 4.78 is 71.6. The van der Waals surface area contributed by atoms with Gasteiger partial charge in [-0.3, -0.25) is 4.79 Å². The molecule has 1 aliphatic heterocycles. The number of nitrogens with one attached hydrogen (secondary N) is 1. The molecule has 35 heavy (non-hydrogen) atoms. The third-order valence-electron chi connectivity index (χ3n) is 5.46. The van der Waals surface area contributed by atoms with Crippen molar-refractivity contribution in [2.45, 2.75) is 31.3 Å². The van der Waals surface area contributed by atoms with Crippen molar-refractivity contribution in [3.05, 3.63) is 58.6 Å². The molecule has 1 heterocycles. The molecule has 0 unspecified atom stereocenters. The number of halogens is 4. The van der Waals surface area contributed by atoms with Gasteiger partial charge in [0.2, 0.25) is 10.0 Å². The van der Waals surface area contributed by atoms with E-state index in [9.17, 15) is 31.2 Å². The van der Waals surface area contributed by atoms with Crippen LogP contribution in [0.15, 0.2) is 47.4 Å². The highest BCUT2D eigenvalue weighted by Gasteiger charge is 2.34. The lowest BCUT2D eigenvalue weighted by molar-refractivity contribution is -0.137. The maximum absolute atomic E-state index is 13.1. The molecule has 0 bridgehead atoms. The molecule has 1 N–H and O–H groups in total. The first-order valence-corrected chi connectivity index (χ1v) is 12.5. The molecule has 2 aromatic rings. The van der Waals surface area contributed by atoms with Crippen LogP contribution in [-0.2, 0) is 25.7 Å². The number of hydrogen-bond donors (Lipinski definition) is 1. The second-order valence-electron chi connectivity index (χ2n) is 8.60. The molecule has 2 aromatic carbocycles. The summed E-state index contributed by atoms with van der Waals surface area (Å²) in [6.07, 6.45) is -3.81. The van der Waals surface area contributed by atoms with Gasteiger partial charge >= 0.3 is 12.1 Å². The Balaban J connectivity index is 1.62. The van der Waals surface area contributed by atoms with Gasteiger partial charge in [-0.15, -0.1) is 0 Å². The third kappa shape index (κ3) is 6.74. The van der Waals surface area contributed by atoms with Crippen LogP contribution >= 0.6 is 11.6 Å². The summed E-state index contributed by atoms with van der Waals surface area (Å²) >= 11 is 5.60. The maximum Gasteiger partial charge on any atom is 0.418 e. The molecule has 2 atom stereocenters. The largest absolute Gasteiger partial charge is 0.452 e. The van der Waals surface area contributed by atoms with Gasteiger partial charge in [0.05, 0.1) is 21.7 Å². The highest BCUT2D eigenvalue weighted by Crippen LogP contribution is 2.36. The topological polar surface area (TPSA) is 92.8 Å². The van der Waals surface area contributed by atoms with Gasteiger partial charge in [0.25, 0.3) is 5.91 Å². The SMILES string of the molecule is C[C@H]1C[C@H](C)CN(S(=O)(=O)c2ccc(C(=O)OCC(=O)Nc3ccc(Cl)cc3C(F)(F)F)cc2)C1. The van der Waals surface area contributed by atoms with E-state index in [1.54, 1.807) is 0 Å². The van der Waals surface area contributed by atoms with Crippen molar-refractivity contribution in [3.8, 4) is 0 Å². The Bertz CT molecular complexity index is 1190. The minimum atomic E-state index is -4.75. The Labute approximate surface area is 206 Å². The molecule has 3 rings (SSSR count). The quantitative estimate of drug-likeness (QED) is 0.538. The number of ether oxygens (including phenoxy) is 1. The summed E-state index contributed by atoms with van der Waals surface area (Å²) in [5.41, 5.74) is -1.68. The summed E-state index contributed by atoms with van der Waals surface area (Å²) in [6.45, 7) is 3.96. The first kappa shape index (κ1) is 27.0. The predicted molar refractivity (Wildman–Crippen MR) is 124 cm³/mol. The number of hydrogen-bond acceptors (Lipinski definition) is 5. The maximum atomic E-state index is 13.1. The molecule has 7 nitrogen and oxygen atoms in total. The number of carbonyl (C=O) groups is 2. The van der Waals surface area contributed by atoms with Crippen molar-refractivity contribution in [1.29, 1.82) is 0 Å². The highest BCUT2D eigenvalue weighted by molar-refractivity contribution is 7.89. The minimum Gasteiger partial charge on any atom is -0.452 e. The van der Waals surface area contributed by atoms with Crippen molar-refractivity contribution in [1.82, 2.24) is 4.31 Å². The number of rotatable bonds is 6. The average molecular weight is 533 g/mol. The molecular weight excluding hydrogens is 509 g/mol. The normalized spacial score (nSPS) is 19.3. The lowest BCUT2D eigenvalue weighted by atomic mass is 9.94. The molecule has 0 aliphatic carbocycles. The van der Waals surface area contributed by atoms with E-state index in [2.05, 4.69) is 0 Å². The van der Waals surface area contributed by atoms with E-state index < -0.39 is 45.9 Å². The fourth-order valence-corrected chi connectivity index (χ4v) is 5.83. The molecular formula is C23H24ClF3N2O5S. The zero-order chi connectivity index (χ0) is 26.0. The van der Waals surface area contributed by atoms with Crippen molar-refractivity contribution in [3.63, 3.8) is 0 Å². The number of benzene rings is 2. The zero-order valence-corrected chi connectivity index (χ0v) is 20.5. The van der Waals surface area contributed by atoms with E-state index in [4.69, 9.17) is 16.3 Å². The third-order valence-corrected chi connectivity index (χ3v) is 7.54. The van der Waals surface area contributed by atoms with Crippen LogP contribution in [0.1, 0.15) is 36.2 Å². The fourth-order valence-electron chi connectivity index (χ4n) is 3.97. The number of esters is 1. The van der Waals surface area contributed by atoms with Gasteiger partial charge in [0.1, 0.15) is 0 Å². The predicted octanol–water partition coefficient (Wildman–Crippen LogP) is 4.82. The van der Waals surface area contributed by atoms with Crippen LogP contribution in [0.25, 0.3) is 0 Å². The molecule has 1 amide bonds. The van der Waals surface area contributed by atoms with Gasteiger partial charge in [-0.1, -0.05) is 25.4 Å². The van der Waals surface area contributed by atoms with E-state index in [1.165, 1.54) is 34.6 Å². The van der Waals surface area contributed by atoms with Crippen molar-refractivity contribution in [2.24, 2.45) is 11.8 Å². The van der Waals surface area contributed by atoms with Gasteiger partial charge in [-0.05, 0) is 60.7 Å². The summed E-state index contributed by atoms with van der Waals surface area (Å²) in [4.78, 5) is 24.3. The smallest absolute Gasteiger partial charge is 0.418 e. The van der Waals surface area contributed by atoms with Crippen molar-refractivity contribution < 1.29 is 35.9 Å². The van der Waals surface area contributed by atoms with Gasteiger partial charge in [0.15, 0.2) is 6.61 Å². The number of anilines is 1. The zero-order valence-electron chi connectivity index (χ0n) is 18.9. The van der Waals surface area contributed by atoms with Crippen LogP contribution < -0.4 is 5.32 Å². The Hall–Kier alpha value is -2.63. The van der Waals surface area contributed by atoms with Gasteiger partial charge in [-0.2, -0.15) is 17.5 Å². The van der Waals surface area contributed by atoms with Crippen molar-refractivity contribution in [2.75, 3.05) is 25.0 Å². The standard InChI is InChI=1S/C23H24ClF3N2O5S/c1-14-9-15(2)12-29(11-14)35(32,33)18-6-3-16(4-7-18)22(31)34-13-21(30)28-20-8-5-17(24)10-19(20)23(25,26)27/h3-8,10,14-15H,9,11-13H2,1-2H3,(H,28,30)/t14-,15-/m0/s1. The Morgan fingerprint density at radius 2 is 1.69 bits per heavy atom. The van der Waals surface area contributed by atoms with E-state index in [1.807, 2.05) is 19.2 Å². The summed E-state index contributed by atoms with van der Waals surface area (Å²) in [6, 6.07) is 7.91. The number of alkyl halides is 3. The molecule has 0 aromatic heterocycles. The first-order valence-electron chi connectivity index (χ1n) is 10.7. The van der Waals surface area contributed by atoms with E-state index in [0.717, 1.165) is 12.5 Å². The van der Waals surface area contributed by atoms with Gasteiger partial charge in [0, 0.05) is 18.1 Å². The van der Waals surface area contributed by atoms with Crippen LogP contribution in [-0.4, -0.2) is 44.3 Å². The first-order chi connectivity index (χ1) is 16.3. The van der Waals surface area contributed by atoms with Gasteiger partial charge in [-0.25, -0.2) is 13.2 Å². The second kappa shape index (κ2) is 10.5. The summed E-state index contributed by atoms with van der Waals surface area (Å²) in [5, 5.41) is 1.89. The number of amides is 1. The number of sulfonamides is 1. The summed E-state index contributed by atoms with van der Waals surface area (Å²) in [5.74, 6) is -1.46. The highest BCUT2D eigenvalue weighted by atomic mass is 35.5. The van der Waals surface area contributed by atoms with E-state index >= 15 is 0 Å². The Kier molecular flexibility index (Phi) is 8.13. The number of piperidine rings is 1. The average Bonchev–Trinajstić information content (AvgIpc) is 2.77. The monoisotopic (exact) mass is 532 g/mol. The fraction of sp³-hybridized carbons (Fsp3) is 0.391.